The summed E-state index contributed by atoms with van der Waals surface area (Å²) in [6.07, 6.45) is 4.51. The van der Waals surface area contributed by atoms with Gasteiger partial charge in [-0.1, -0.05) is 35.5 Å². The van der Waals surface area contributed by atoms with Gasteiger partial charge in [-0.3, -0.25) is 14.2 Å². The summed E-state index contributed by atoms with van der Waals surface area (Å²) in [7, 11) is 0. The summed E-state index contributed by atoms with van der Waals surface area (Å²) in [5.74, 6) is 0.657. The van der Waals surface area contributed by atoms with E-state index in [0.29, 0.717) is 41.9 Å². The van der Waals surface area contributed by atoms with Crippen LogP contribution in [0.3, 0.4) is 0 Å². The van der Waals surface area contributed by atoms with Crippen LogP contribution in [0.4, 0.5) is 5.82 Å². The number of rotatable bonds is 6. The summed E-state index contributed by atoms with van der Waals surface area (Å²) in [5, 5.41) is 12.2. The van der Waals surface area contributed by atoms with Crippen LogP contribution in [0.1, 0.15) is 12.8 Å². The number of benzene rings is 1. The van der Waals surface area contributed by atoms with Gasteiger partial charge >= 0.3 is 0 Å². The maximum atomic E-state index is 12.7. The van der Waals surface area contributed by atoms with E-state index in [-0.39, 0.29) is 23.5 Å². The van der Waals surface area contributed by atoms with Gasteiger partial charge in [-0.05, 0) is 43.2 Å². The molecule has 31 heavy (non-hydrogen) atoms. The van der Waals surface area contributed by atoms with E-state index in [1.54, 1.807) is 40.2 Å². The van der Waals surface area contributed by atoms with Crippen LogP contribution in [0.25, 0.3) is 5.69 Å². The molecule has 1 aromatic carbocycles. The molecule has 0 unspecified atom stereocenters. The zero-order valence-corrected chi connectivity index (χ0v) is 18.2. The molecule has 3 heterocycles. The second kappa shape index (κ2) is 9.93. The van der Waals surface area contributed by atoms with Crippen molar-refractivity contribution in [2.75, 3.05) is 24.2 Å². The normalized spacial score (nSPS) is 14.4. The topological polar surface area (TPSA) is 93.0 Å². The second-order valence-electron chi connectivity index (χ2n) is 7.11. The van der Waals surface area contributed by atoms with Crippen molar-refractivity contribution in [3.63, 3.8) is 0 Å². The third kappa shape index (κ3) is 5.42. The first-order valence-corrected chi connectivity index (χ1v) is 11.2. The van der Waals surface area contributed by atoms with Crippen molar-refractivity contribution in [1.29, 1.82) is 0 Å². The largest absolute Gasteiger partial charge is 0.342 e. The predicted molar refractivity (Wildman–Crippen MR) is 119 cm³/mol. The Morgan fingerprint density at radius 2 is 2.00 bits per heavy atom. The Balaban J connectivity index is 1.27. The highest BCUT2D eigenvalue weighted by molar-refractivity contribution is 7.99. The summed E-state index contributed by atoms with van der Waals surface area (Å²) < 4.78 is 1.80. The van der Waals surface area contributed by atoms with E-state index >= 15 is 0 Å². The number of nitrogens with zero attached hydrogens (tertiary/aromatic N) is 5. The molecule has 1 aliphatic heterocycles. The number of pyridine rings is 1. The molecule has 1 aliphatic rings. The minimum atomic E-state index is -0.121. The number of anilines is 1. The van der Waals surface area contributed by atoms with Gasteiger partial charge in [0.15, 0.2) is 5.16 Å². The van der Waals surface area contributed by atoms with Crippen LogP contribution in [0.2, 0.25) is 5.02 Å². The molecule has 0 spiro atoms. The number of nitrogens with one attached hydrogen (secondary N) is 1. The predicted octanol–water partition coefficient (Wildman–Crippen LogP) is 3.29. The first kappa shape index (κ1) is 21.3. The van der Waals surface area contributed by atoms with Crippen LogP contribution in [-0.2, 0) is 9.59 Å². The molecule has 160 valence electrons. The summed E-state index contributed by atoms with van der Waals surface area (Å²) >= 11 is 7.40. The molecule has 0 radical (unpaired) electrons. The number of halogens is 1. The van der Waals surface area contributed by atoms with Gasteiger partial charge in [0.05, 0.1) is 11.4 Å². The van der Waals surface area contributed by atoms with Crippen molar-refractivity contribution >= 4 is 41.0 Å². The van der Waals surface area contributed by atoms with E-state index in [1.165, 1.54) is 11.8 Å². The fraction of sp³-hybridized carbons (Fsp3) is 0.286. The Hall–Kier alpha value is -2.91. The minimum absolute atomic E-state index is 0.0224. The fourth-order valence-electron chi connectivity index (χ4n) is 3.40. The molecular weight excluding hydrogens is 436 g/mol. The third-order valence-electron chi connectivity index (χ3n) is 5.06. The van der Waals surface area contributed by atoms with Crippen molar-refractivity contribution in [3.05, 3.63) is 60.0 Å². The van der Waals surface area contributed by atoms with E-state index in [9.17, 15) is 9.59 Å². The van der Waals surface area contributed by atoms with Gasteiger partial charge < -0.3 is 10.2 Å². The van der Waals surface area contributed by atoms with Crippen LogP contribution in [0, 0.1) is 5.92 Å². The molecule has 0 atom stereocenters. The molecule has 2 amide bonds. The van der Waals surface area contributed by atoms with E-state index < -0.39 is 0 Å². The van der Waals surface area contributed by atoms with E-state index in [2.05, 4.69) is 20.5 Å². The Labute approximate surface area is 189 Å². The molecule has 1 fully saturated rings. The van der Waals surface area contributed by atoms with Crippen LogP contribution < -0.4 is 5.32 Å². The Morgan fingerprint density at radius 3 is 2.74 bits per heavy atom. The number of likely N-dealkylation sites (tertiary alicyclic amines) is 1. The minimum Gasteiger partial charge on any atom is -0.342 e. The average Bonchev–Trinajstić information content (AvgIpc) is 3.27. The van der Waals surface area contributed by atoms with Crippen molar-refractivity contribution in [2.45, 2.75) is 18.0 Å². The molecular formula is C21H21ClN6O2S. The lowest BCUT2D eigenvalue weighted by atomic mass is 9.96. The average molecular weight is 457 g/mol. The molecule has 0 saturated carbocycles. The number of thioether (sulfide) groups is 1. The lowest BCUT2D eigenvalue weighted by Gasteiger charge is -2.31. The summed E-state index contributed by atoms with van der Waals surface area (Å²) in [5.41, 5.74) is 0.840. The molecule has 10 heteroatoms. The Morgan fingerprint density at radius 1 is 1.16 bits per heavy atom. The molecule has 1 saturated heterocycles. The maximum absolute atomic E-state index is 12.7. The van der Waals surface area contributed by atoms with Gasteiger partial charge in [0.2, 0.25) is 11.8 Å². The number of carbonyl (C=O) groups is 2. The molecule has 2 aromatic heterocycles. The molecule has 0 bridgehead atoms. The van der Waals surface area contributed by atoms with E-state index in [4.69, 9.17) is 11.6 Å². The smallest absolute Gasteiger partial charge is 0.233 e. The molecule has 1 N–H and O–H groups in total. The van der Waals surface area contributed by atoms with Crippen molar-refractivity contribution in [2.24, 2.45) is 5.92 Å². The SMILES string of the molecule is O=C(Nc1ccccn1)C1CCN(C(=O)CSc2nncn2-c2cccc(Cl)c2)CC1. The van der Waals surface area contributed by atoms with Gasteiger partial charge in [-0.25, -0.2) is 4.98 Å². The number of piperidine rings is 1. The number of amides is 2. The van der Waals surface area contributed by atoms with E-state index in [1.807, 2.05) is 24.3 Å². The van der Waals surface area contributed by atoms with Crippen molar-refractivity contribution in [3.8, 4) is 5.69 Å². The van der Waals surface area contributed by atoms with Crippen LogP contribution in [0.5, 0.6) is 0 Å². The van der Waals surface area contributed by atoms with Gasteiger partial charge in [-0.2, -0.15) is 0 Å². The molecule has 3 aromatic rings. The quantitative estimate of drug-likeness (QED) is 0.572. The highest BCUT2D eigenvalue weighted by Gasteiger charge is 2.27. The standard InChI is InChI=1S/C21H21ClN6O2S/c22-16-4-3-5-17(12-16)28-14-24-26-21(28)31-13-19(29)27-10-7-15(8-11-27)20(30)25-18-6-1-2-9-23-18/h1-6,9,12,14-15H,7-8,10-11,13H2,(H,23,25,30). The molecule has 8 nitrogen and oxygen atoms in total. The van der Waals surface area contributed by atoms with Gasteiger partial charge in [-0.15, -0.1) is 10.2 Å². The maximum Gasteiger partial charge on any atom is 0.233 e. The number of aromatic nitrogens is 4. The molecule has 0 aliphatic carbocycles. The summed E-state index contributed by atoms with van der Waals surface area (Å²) in [6.45, 7) is 1.11. The Kier molecular flexibility index (Phi) is 6.83. The van der Waals surface area contributed by atoms with Crippen LogP contribution in [0.15, 0.2) is 60.1 Å². The van der Waals surface area contributed by atoms with E-state index in [0.717, 1.165) is 5.69 Å². The number of carbonyl (C=O) groups excluding carboxylic acids is 2. The first-order valence-electron chi connectivity index (χ1n) is 9.88. The highest BCUT2D eigenvalue weighted by Crippen LogP contribution is 2.24. The zero-order chi connectivity index (χ0) is 21.6. The molecule has 4 rings (SSSR count). The highest BCUT2D eigenvalue weighted by atomic mass is 35.5. The first-order chi connectivity index (χ1) is 15.1. The number of hydrogen-bond acceptors (Lipinski definition) is 6. The number of hydrogen-bond donors (Lipinski definition) is 1. The van der Waals surface area contributed by atoms with Crippen molar-refractivity contribution in [1.82, 2.24) is 24.6 Å². The Bertz CT molecular complexity index is 1050. The monoisotopic (exact) mass is 456 g/mol. The summed E-state index contributed by atoms with van der Waals surface area (Å²) in [4.78, 5) is 31.0. The van der Waals surface area contributed by atoms with Crippen LogP contribution >= 0.6 is 23.4 Å². The van der Waals surface area contributed by atoms with Gasteiger partial charge in [0.25, 0.3) is 0 Å². The van der Waals surface area contributed by atoms with Gasteiger partial charge in [0.1, 0.15) is 12.1 Å². The van der Waals surface area contributed by atoms with Gasteiger partial charge in [0, 0.05) is 30.2 Å². The summed E-state index contributed by atoms with van der Waals surface area (Å²) in [6, 6.07) is 12.8. The lowest BCUT2D eigenvalue weighted by Crippen LogP contribution is -2.42. The lowest BCUT2D eigenvalue weighted by molar-refractivity contribution is -0.132. The second-order valence-corrected chi connectivity index (χ2v) is 8.49. The zero-order valence-electron chi connectivity index (χ0n) is 16.6. The fourth-order valence-corrected chi connectivity index (χ4v) is 4.42. The third-order valence-corrected chi connectivity index (χ3v) is 6.23. The van der Waals surface area contributed by atoms with Crippen molar-refractivity contribution < 1.29 is 9.59 Å². The van der Waals surface area contributed by atoms with Crippen LogP contribution in [-0.4, -0.2) is 55.3 Å².